The molecule has 0 radical (unpaired) electrons. The van der Waals surface area contributed by atoms with Gasteiger partial charge in [-0.1, -0.05) is 251 Å². The Bertz CT molecular complexity index is 863. The average Bonchev–Trinajstić information content (AvgIpc) is 3.22. The molecule has 0 saturated heterocycles. The van der Waals surface area contributed by atoms with Crippen molar-refractivity contribution in [3.63, 3.8) is 0 Å². The molecule has 0 aromatic carbocycles. The number of hydrogen-bond donors (Lipinski definition) is 3. The zero-order valence-electron chi connectivity index (χ0n) is 39.0. The van der Waals surface area contributed by atoms with E-state index < -0.39 is 12.1 Å². The summed E-state index contributed by atoms with van der Waals surface area (Å²) in [6.45, 7) is 4.89. The molecule has 0 aliphatic carbocycles. The molecule has 0 aromatic rings. The minimum Gasteiger partial charge on any atom is -0.466 e. The van der Waals surface area contributed by atoms with Crippen LogP contribution in [0.3, 0.4) is 0 Å². The van der Waals surface area contributed by atoms with E-state index in [2.05, 4.69) is 19.2 Å². The summed E-state index contributed by atoms with van der Waals surface area (Å²) in [6.07, 6.45) is 55.0. The maximum Gasteiger partial charge on any atom is 0.305 e. The van der Waals surface area contributed by atoms with Crippen molar-refractivity contribution in [3.8, 4) is 0 Å². The van der Waals surface area contributed by atoms with Crippen molar-refractivity contribution in [1.82, 2.24) is 5.32 Å². The van der Waals surface area contributed by atoms with Crippen molar-refractivity contribution in [2.75, 3.05) is 13.2 Å². The van der Waals surface area contributed by atoms with Gasteiger partial charge in [-0.3, -0.25) is 9.59 Å². The first-order chi connectivity index (χ1) is 28.5. The third kappa shape index (κ3) is 44.2. The highest BCUT2D eigenvalue weighted by Gasteiger charge is 2.18. The first-order valence-electron chi connectivity index (χ1n) is 26.0. The van der Waals surface area contributed by atoms with E-state index in [1.165, 1.54) is 212 Å². The fourth-order valence-electron chi connectivity index (χ4n) is 8.05. The van der Waals surface area contributed by atoms with E-state index in [1.807, 2.05) is 6.08 Å². The third-order valence-corrected chi connectivity index (χ3v) is 12.1. The Morgan fingerprint density at radius 2 is 0.793 bits per heavy atom. The summed E-state index contributed by atoms with van der Waals surface area (Å²) in [5.41, 5.74) is 0. The number of ether oxygens (including phenoxy) is 1. The number of amides is 1. The fourth-order valence-corrected chi connectivity index (χ4v) is 8.05. The van der Waals surface area contributed by atoms with Gasteiger partial charge in [-0.05, 0) is 32.1 Å². The molecule has 6 heteroatoms. The molecule has 0 rings (SSSR count). The number of carbonyl (C=O) groups is 2. The summed E-state index contributed by atoms with van der Waals surface area (Å²) in [5.74, 6) is -0.0688. The fraction of sp³-hybridized carbons (Fsp3) is 0.923. The molecule has 344 valence electrons. The largest absolute Gasteiger partial charge is 0.466 e. The Balaban J connectivity index is 3.44. The SMILES string of the molecule is CCCCCCCCCCCCC/C=C/C(O)C(CO)NC(=O)CCCCCCCCCCCCCCCCCCCOC(=O)CCCCCCCCCCCCC. The monoisotopic (exact) mass is 820 g/mol. The molecular weight excluding hydrogens is 719 g/mol. The van der Waals surface area contributed by atoms with Crippen LogP contribution in [0.25, 0.3) is 0 Å². The molecule has 3 N–H and O–H groups in total. The van der Waals surface area contributed by atoms with Crippen LogP contribution in [-0.4, -0.2) is 47.4 Å². The predicted octanol–water partition coefficient (Wildman–Crippen LogP) is 15.3. The van der Waals surface area contributed by atoms with Gasteiger partial charge in [0.05, 0.1) is 25.4 Å². The van der Waals surface area contributed by atoms with Crippen LogP contribution < -0.4 is 5.32 Å². The number of unbranched alkanes of at least 4 members (excludes halogenated alkanes) is 37. The summed E-state index contributed by atoms with van der Waals surface area (Å²) in [6, 6.07) is -0.629. The Morgan fingerprint density at radius 1 is 0.466 bits per heavy atom. The van der Waals surface area contributed by atoms with Crippen LogP contribution in [0.5, 0.6) is 0 Å². The number of aliphatic hydroxyl groups is 2. The van der Waals surface area contributed by atoms with E-state index in [4.69, 9.17) is 4.74 Å². The van der Waals surface area contributed by atoms with Crippen LogP contribution in [0.15, 0.2) is 12.2 Å². The lowest BCUT2D eigenvalue weighted by atomic mass is 10.0. The summed E-state index contributed by atoms with van der Waals surface area (Å²) in [5, 5.41) is 23.0. The number of carbonyl (C=O) groups excluding carboxylic acids is 2. The van der Waals surface area contributed by atoms with Gasteiger partial charge in [0, 0.05) is 12.8 Å². The summed E-state index contributed by atoms with van der Waals surface area (Å²) >= 11 is 0. The molecule has 0 saturated carbocycles. The van der Waals surface area contributed by atoms with Gasteiger partial charge < -0.3 is 20.3 Å². The highest BCUT2D eigenvalue weighted by molar-refractivity contribution is 5.76. The van der Waals surface area contributed by atoms with Crippen LogP contribution in [0.4, 0.5) is 0 Å². The zero-order valence-corrected chi connectivity index (χ0v) is 39.0. The number of nitrogens with one attached hydrogen (secondary N) is 1. The van der Waals surface area contributed by atoms with Crippen LogP contribution in [0.2, 0.25) is 0 Å². The van der Waals surface area contributed by atoms with Gasteiger partial charge in [-0.15, -0.1) is 0 Å². The summed E-state index contributed by atoms with van der Waals surface area (Å²) in [7, 11) is 0. The molecule has 2 atom stereocenters. The van der Waals surface area contributed by atoms with E-state index in [-0.39, 0.29) is 18.5 Å². The Hall–Kier alpha value is -1.40. The van der Waals surface area contributed by atoms with Gasteiger partial charge in [0.2, 0.25) is 5.91 Å². The molecule has 0 aliphatic rings. The Morgan fingerprint density at radius 3 is 1.17 bits per heavy atom. The second-order valence-corrected chi connectivity index (χ2v) is 17.9. The Labute approximate surface area is 361 Å². The van der Waals surface area contributed by atoms with Gasteiger partial charge in [0.1, 0.15) is 0 Å². The lowest BCUT2D eigenvalue weighted by Gasteiger charge is -2.20. The smallest absolute Gasteiger partial charge is 0.305 e. The van der Waals surface area contributed by atoms with Crippen molar-refractivity contribution in [2.24, 2.45) is 0 Å². The molecule has 1 amide bonds. The van der Waals surface area contributed by atoms with Gasteiger partial charge in [0.15, 0.2) is 0 Å². The summed E-state index contributed by atoms with van der Waals surface area (Å²) in [4.78, 5) is 24.4. The van der Waals surface area contributed by atoms with Gasteiger partial charge in [-0.2, -0.15) is 0 Å². The lowest BCUT2D eigenvalue weighted by Crippen LogP contribution is -2.45. The molecule has 0 aromatic heterocycles. The minimum absolute atomic E-state index is 0.00410. The number of aliphatic hydroxyl groups excluding tert-OH is 2. The molecule has 0 spiro atoms. The van der Waals surface area contributed by atoms with Crippen molar-refractivity contribution >= 4 is 11.9 Å². The van der Waals surface area contributed by atoms with Gasteiger partial charge in [0.25, 0.3) is 0 Å². The predicted molar refractivity (Wildman–Crippen MR) is 250 cm³/mol. The minimum atomic E-state index is -0.846. The molecule has 0 fully saturated rings. The van der Waals surface area contributed by atoms with Crippen molar-refractivity contribution in [1.29, 1.82) is 0 Å². The van der Waals surface area contributed by atoms with E-state index in [0.717, 1.165) is 44.9 Å². The highest BCUT2D eigenvalue weighted by atomic mass is 16.5. The maximum absolute atomic E-state index is 12.4. The molecule has 0 bridgehead atoms. The molecule has 58 heavy (non-hydrogen) atoms. The van der Waals surface area contributed by atoms with E-state index in [1.54, 1.807) is 6.08 Å². The van der Waals surface area contributed by atoms with E-state index in [0.29, 0.717) is 19.4 Å². The average molecular weight is 820 g/mol. The van der Waals surface area contributed by atoms with Crippen LogP contribution >= 0.6 is 0 Å². The first-order valence-corrected chi connectivity index (χ1v) is 26.0. The first kappa shape index (κ1) is 56.6. The molecule has 0 aliphatic heterocycles. The molecule has 0 heterocycles. The van der Waals surface area contributed by atoms with Gasteiger partial charge >= 0.3 is 5.97 Å². The number of hydrogen-bond acceptors (Lipinski definition) is 5. The topological polar surface area (TPSA) is 95.9 Å². The normalized spacial score (nSPS) is 12.7. The van der Waals surface area contributed by atoms with Crippen molar-refractivity contribution in [3.05, 3.63) is 12.2 Å². The third-order valence-electron chi connectivity index (χ3n) is 12.1. The number of allylic oxidation sites excluding steroid dienone is 1. The standard InChI is InChI=1S/C52H101NO5/c1-3-5-7-9-11-13-15-21-25-28-32-36-40-44-50(55)49(48-54)53-51(56)45-41-37-33-29-26-22-19-17-16-18-20-23-27-31-35-39-43-47-58-52(57)46-42-38-34-30-24-14-12-10-8-6-4-2/h40,44,49-50,54-55H,3-39,41-43,45-48H2,1-2H3,(H,53,56)/b44-40+. The van der Waals surface area contributed by atoms with E-state index >= 15 is 0 Å². The maximum atomic E-state index is 12.4. The van der Waals surface area contributed by atoms with Crippen LogP contribution in [0.1, 0.15) is 284 Å². The van der Waals surface area contributed by atoms with Gasteiger partial charge in [-0.25, -0.2) is 0 Å². The highest BCUT2D eigenvalue weighted by Crippen LogP contribution is 2.16. The van der Waals surface area contributed by atoms with Crippen LogP contribution in [0, 0.1) is 0 Å². The van der Waals surface area contributed by atoms with E-state index in [9.17, 15) is 19.8 Å². The van der Waals surface area contributed by atoms with Crippen molar-refractivity contribution < 1.29 is 24.5 Å². The van der Waals surface area contributed by atoms with Crippen molar-refractivity contribution in [2.45, 2.75) is 296 Å². The lowest BCUT2D eigenvalue weighted by molar-refractivity contribution is -0.143. The molecule has 2 unspecified atom stereocenters. The number of esters is 1. The molecule has 6 nitrogen and oxygen atoms in total. The zero-order chi connectivity index (χ0) is 42.3. The second kappa shape index (κ2) is 48.3. The second-order valence-electron chi connectivity index (χ2n) is 17.9. The summed E-state index contributed by atoms with van der Waals surface area (Å²) < 4.78 is 5.45. The quantitative estimate of drug-likeness (QED) is 0.0323. The number of rotatable bonds is 48. The molecular formula is C52H101NO5. The van der Waals surface area contributed by atoms with Crippen LogP contribution in [-0.2, 0) is 14.3 Å². The Kier molecular flexibility index (Phi) is 47.1.